The van der Waals surface area contributed by atoms with E-state index < -0.39 is 23.8 Å². The topological polar surface area (TPSA) is 90.5 Å². The van der Waals surface area contributed by atoms with Crippen molar-refractivity contribution in [1.82, 2.24) is 15.3 Å². The van der Waals surface area contributed by atoms with Gasteiger partial charge in [-0.05, 0) is 45.4 Å². The van der Waals surface area contributed by atoms with Crippen LogP contribution in [0.1, 0.15) is 27.2 Å². The average molecular weight is 350 g/mol. The Morgan fingerprint density at radius 2 is 2.24 bits per heavy atom. The first-order valence-corrected chi connectivity index (χ1v) is 8.29. The lowest BCUT2D eigenvalue weighted by Gasteiger charge is -2.36. The number of aromatic amines is 1. The molecule has 136 valence electrons. The fourth-order valence-electron chi connectivity index (χ4n) is 2.85. The van der Waals surface area contributed by atoms with E-state index in [-0.39, 0.29) is 5.82 Å². The van der Waals surface area contributed by atoms with E-state index in [1.165, 1.54) is 12.1 Å². The summed E-state index contributed by atoms with van der Waals surface area (Å²) in [7, 11) is 0. The normalized spacial score (nSPS) is 21.4. The van der Waals surface area contributed by atoms with Crippen LogP contribution in [-0.2, 0) is 4.74 Å². The highest BCUT2D eigenvalue weighted by Crippen LogP contribution is 2.22. The minimum atomic E-state index is -0.661. The molecule has 3 N–H and O–H groups in total. The van der Waals surface area contributed by atoms with Gasteiger partial charge in [-0.15, -0.1) is 0 Å². The van der Waals surface area contributed by atoms with Crippen LogP contribution >= 0.6 is 0 Å². The SMILES string of the molecule is CC(C)(C)OC(=O)N[C@@H]1CN(c2nc3ccc(F)cc3[nH]2)CC[C@@H]1O. The van der Waals surface area contributed by atoms with Crippen LogP contribution in [0.5, 0.6) is 0 Å². The minimum absolute atomic E-state index is 0.332. The first-order valence-electron chi connectivity index (χ1n) is 8.29. The second-order valence-corrected chi connectivity index (χ2v) is 7.28. The molecular weight excluding hydrogens is 327 g/mol. The lowest BCUT2D eigenvalue weighted by atomic mass is 10.0. The standard InChI is InChI=1S/C17H23FN4O3/c1-17(2,3)25-16(24)21-13-9-22(7-6-14(13)23)15-19-11-5-4-10(18)8-12(11)20-15/h4-5,8,13-14,23H,6-7,9H2,1-3H3,(H,19,20)(H,21,24)/t13-,14+/m1/s1. The summed E-state index contributed by atoms with van der Waals surface area (Å²) < 4.78 is 18.6. The molecule has 0 bridgehead atoms. The van der Waals surface area contributed by atoms with Crippen LogP contribution in [0, 0.1) is 5.82 Å². The maximum atomic E-state index is 13.3. The summed E-state index contributed by atoms with van der Waals surface area (Å²) in [6, 6.07) is 3.88. The van der Waals surface area contributed by atoms with E-state index in [0.29, 0.717) is 36.5 Å². The summed E-state index contributed by atoms with van der Waals surface area (Å²) in [6.45, 7) is 6.30. The molecule has 1 aliphatic heterocycles. The number of anilines is 1. The molecular formula is C17H23FN4O3. The molecule has 2 atom stereocenters. The number of halogens is 1. The molecule has 1 amide bonds. The third-order valence-electron chi connectivity index (χ3n) is 4.01. The van der Waals surface area contributed by atoms with Crippen molar-refractivity contribution in [3.63, 3.8) is 0 Å². The van der Waals surface area contributed by atoms with Gasteiger partial charge in [0.1, 0.15) is 11.4 Å². The molecule has 3 rings (SSSR count). The highest BCUT2D eigenvalue weighted by molar-refractivity contribution is 5.77. The molecule has 0 unspecified atom stereocenters. The fraction of sp³-hybridized carbons (Fsp3) is 0.529. The molecule has 7 nitrogen and oxygen atoms in total. The molecule has 0 saturated carbocycles. The monoisotopic (exact) mass is 350 g/mol. The highest BCUT2D eigenvalue weighted by Gasteiger charge is 2.31. The molecule has 1 saturated heterocycles. The van der Waals surface area contributed by atoms with Gasteiger partial charge in [-0.1, -0.05) is 0 Å². The second-order valence-electron chi connectivity index (χ2n) is 7.28. The van der Waals surface area contributed by atoms with Crippen LogP contribution < -0.4 is 10.2 Å². The quantitative estimate of drug-likeness (QED) is 0.772. The molecule has 0 spiro atoms. The van der Waals surface area contributed by atoms with Crippen molar-refractivity contribution in [3.8, 4) is 0 Å². The molecule has 0 radical (unpaired) electrons. The molecule has 1 aromatic carbocycles. The number of carbonyl (C=O) groups excluding carboxylic acids is 1. The first-order chi connectivity index (χ1) is 11.7. The van der Waals surface area contributed by atoms with Crippen LogP contribution in [0.25, 0.3) is 11.0 Å². The Kier molecular flexibility index (Phi) is 4.55. The number of amides is 1. The first kappa shape index (κ1) is 17.5. The Labute approximate surface area is 145 Å². The molecule has 0 aliphatic carbocycles. The maximum Gasteiger partial charge on any atom is 0.408 e. The molecule has 25 heavy (non-hydrogen) atoms. The number of aliphatic hydroxyl groups excluding tert-OH is 1. The number of ether oxygens (including phenoxy) is 1. The number of carbonyl (C=O) groups is 1. The Morgan fingerprint density at radius 3 is 2.96 bits per heavy atom. The molecule has 1 aromatic heterocycles. The van der Waals surface area contributed by atoms with Gasteiger partial charge < -0.3 is 25.0 Å². The zero-order valence-electron chi connectivity index (χ0n) is 14.5. The second kappa shape index (κ2) is 6.51. The Morgan fingerprint density at radius 1 is 1.48 bits per heavy atom. The van der Waals surface area contributed by atoms with Gasteiger partial charge in [-0.2, -0.15) is 0 Å². The Hall–Kier alpha value is -2.35. The number of fused-ring (bicyclic) bond motifs is 1. The number of piperidine rings is 1. The van der Waals surface area contributed by atoms with Gasteiger partial charge in [0.25, 0.3) is 0 Å². The van der Waals surface area contributed by atoms with Crippen molar-refractivity contribution in [2.24, 2.45) is 0 Å². The number of aromatic nitrogens is 2. The zero-order chi connectivity index (χ0) is 18.2. The van der Waals surface area contributed by atoms with Crippen LogP contribution in [0.3, 0.4) is 0 Å². The van der Waals surface area contributed by atoms with Gasteiger partial charge in [0, 0.05) is 13.1 Å². The number of nitrogens with one attached hydrogen (secondary N) is 2. The van der Waals surface area contributed by atoms with Crippen LogP contribution in [0.2, 0.25) is 0 Å². The number of H-pyrrole nitrogens is 1. The van der Waals surface area contributed by atoms with E-state index in [4.69, 9.17) is 4.74 Å². The van der Waals surface area contributed by atoms with Crippen molar-refractivity contribution in [2.45, 2.75) is 44.9 Å². The van der Waals surface area contributed by atoms with E-state index in [0.717, 1.165) is 0 Å². The zero-order valence-corrected chi connectivity index (χ0v) is 14.5. The number of benzene rings is 1. The summed E-state index contributed by atoms with van der Waals surface area (Å²) >= 11 is 0. The number of nitrogens with zero attached hydrogens (tertiary/aromatic N) is 2. The predicted octanol–water partition coefficient (Wildman–Crippen LogP) is 2.17. The van der Waals surface area contributed by atoms with Crippen LogP contribution in [0.4, 0.5) is 15.1 Å². The van der Waals surface area contributed by atoms with Crippen molar-refractivity contribution in [3.05, 3.63) is 24.0 Å². The van der Waals surface area contributed by atoms with Gasteiger partial charge in [0.2, 0.25) is 5.95 Å². The highest BCUT2D eigenvalue weighted by atomic mass is 19.1. The smallest absolute Gasteiger partial charge is 0.408 e. The van der Waals surface area contributed by atoms with Crippen molar-refractivity contribution >= 4 is 23.1 Å². The van der Waals surface area contributed by atoms with Gasteiger partial charge in [0.15, 0.2) is 0 Å². The van der Waals surface area contributed by atoms with E-state index in [1.54, 1.807) is 26.8 Å². The van der Waals surface area contributed by atoms with Crippen LogP contribution in [-0.4, -0.2) is 52.0 Å². The fourth-order valence-corrected chi connectivity index (χ4v) is 2.85. The minimum Gasteiger partial charge on any atom is -0.444 e. The average Bonchev–Trinajstić information content (AvgIpc) is 2.90. The predicted molar refractivity (Wildman–Crippen MR) is 92.0 cm³/mol. The number of alkyl carbamates (subject to hydrolysis) is 1. The third-order valence-corrected chi connectivity index (χ3v) is 4.01. The van der Waals surface area contributed by atoms with E-state index in [9.17, 15) is 14.3 Å². The summed E-state index contributed by atoms with van der Waals surface area (Å²) in [5.74, 6) is 0.254. The molecule has 2 aromatic rings. The molecule has 1 aliphatic rings. The van der Waals surface area contributed by atoms with E-state index in [1.807, 2.05) is 4.90 Å². The van der Waals surface area contributed by atoms with Gasteiger partial charge >= 0.3 is 6.09 Å². The number of hydrogen-bond donors (Lipinski definition) is 3. The van der Waals surface area contributed by atoms with Crippen LogP contribution in [0.15, 0.2) is 18.2 Å². The summed E-state index contributed by atoms with van der Waals surface area (Å²) in [5.41, 5.74) is 0.670. The Bertz CT molecular complexity index is 771. The van der Waals surface area contributed by atoms with Crippen molar-refractivity contribution < 1.29 is 19.0 Å². The maximum absolute atomic E-state index is 13.3. The van der Waals surface area contributed by atoms with Gasteiger partial charge in [-0.3, -0.25) is 0 Å². The van der Waals surface area contributed by atoms with Crippen molar-refractivity contribution in [1.29, 1.82) is 0 Å². The van der Waals surface area contributed by atoms with E-state index in [2.05, 4.69) is 15.3 Å². The molecule has 8 heteroatoms. The lowest BCUT2D eigenvalue weighted by molar-refractivity contribution is 0.0399. The van der Waals surface area contributed by atoms with Gasteiger partial charge in [-0.25, -0.2) is 14.2 Å². The van der Waals surface area contributed by atoms with Crippen molar-refractivity contribution in [2.75, 3.05) is 18.0 Å². The van der Waals surface area contributed by atoms with E-state index >= 15 is 0 Å². The summed E-state index contributed by atoms with van der Waals surface area (Å²) in [6.07, 6.45) is -0.748. The lowest BCUT2D eigenvalue weighted by Crippen LogP contribution is -2.56. The third kappa shape index (κ3) is 4.19. The molecule has 2 heterocycles. The summed E-state index contributed by atoms with van der Waals surface area (Å²) in [4.78, 5) is 21.4. The number of imidazole rings is 1. The van der Waals surface area contributed by atoms with Gasteiger partial charge in [0.05, 0.1) is 23.2 Å². The summed E-state index contributed by atoms with van der Waals surface area (Å²) in [5, 5.41) is 12.9. The number of hydrogen-bond acceptors (Lipinski definition) is 5. The largest absolute Gasteiger partial charge is 0.444 e. The Balaban J connectivity index is 1.71. The number of aliphatic hydroxyl groups is 1. The molecule has 1 fully saturated rings. The number of rotatable bonds is 2.